The lowest BCUT2D eigenvalue weighted by molar-refractivity contribution is -0.140. The standard InChI is InChI=1S/C14H20ClNO4S/c1-3-10(2)13(14(17)18)16-21(19,20)8-7-11-5-4-6-12(15)9-11/h4-6,9-10,13,16H,3,7-8H2,1-2H3,(H,17,18)/t10-,13-/m0/s1. The summed E-state index contributed by atoms with van der Waals surface area (Å²) in [7, 11) is -3.67. The Morgan fingerprint density at radius 3 is 2.62 bits per heavy atom. The molecule has 21 heavy (non-hydrogen) atoms. The van der Waals surface area contributed by atoms with Gasteiger partial charge < -0.3 is 5.11 Å². The summed E-state index contributed by atoms with van der Waals surface area (Å²) in [6.45, 7) is 3.53. The van der Waals surface area contributed by atoms with Gasteiger partial charge in [0, 0.05) is 5.02 Å². The Hall–Kier alpha value is -1.11. The molecule has 5 nitrogen and oxygen atoms in total. The maximum atomic E-state index is 12.0. The van der Waals surface area contributed by atoms with E-state index >= 15 is 0 Å². The van der Waals surface area contributed by atoms with Crippen LogP contribution in [0.4, 0.5) is 0 Å². The van der Waals surface area contributed by atoms with E-state index in [-0.39, 0.29) is 18.1 Å². The average molecular weight is 334 g/mol. The van der Waals surface area contributed by atoms with E-state index in [1.165, 1.54) is 0 Å². The number of carboxylic acids is 1. The minimum atomic E-state index is -3.67. The number of benzene rings is 1. The van der Waals surface area contributed by atoms with Crippen LogP contribution < -0.4 is 4.72 Å². The summed E-state index contributed by atoms with van der Waals surface area (Å²) in [5, 5.41) is 9.66. The van der Waals surface area contributed by atoms with E-state index in [9.17, 15) is 13.2 Å². The zero-order valence-electron chi connectivity index (χ0n) is 12.0. The maximum absolute atomic E-state index is 12.0. The maximum Gasteiger partial charge on any atom is 0.322 e. The molecule has 0 saturated heterocycles. The Morgan fingerprint density at radius 1 is 1.43 bits per heavy atom. The molecular formula is C14H20ClNO4S. The molecule has 7 heteroatoms. The molecule has 1 rings (SSSR count). The highest BCUT2D eigenvalue weighted by molar-refractivity contribution is 7.89. The first-order valence-electron chi connectivity index (χ1n) is 6.72. The van der Waals surface area contributed by atoms with Crippen LogP contribution in [0.15, 0.2) is 24.3 Å². The van der Waals surface area contributed by atoms with Crippen LogP contribution in [0.3, 0.4) is 0 Å². The predicted octanol–water partition coefficient (Wildman–Crippen LogP) is 2.30. The molecule has 0 spiro atoms. The van der Waals surface area contributed by atoms with Gasteiger partial charge >= 0.3 is 5.97 Å². The van der Waals surface area contributed by atoms with E-state index in [0.717, 1.165) is 5.56 Å². The molecule has 2 N–H and O–H groups in total. The van der Waals surface area contributed by atoms with Crippen LogP contribution in [0.25, 0.3) is 0 Å². The summed E-state index contributed by atoms with van der Waals surface area (Å²) in [6.07, 6.45) is 0.858. The molecule has 0 aliphatic carbocycles. The molecule has 0 aromatic heterocycles. The van der Waals surface area contributed by atoms with Crippen LogP contribution in [-0.2, 0) is 21.2 Å². The van der Waals surface area contributed by atoms with Crippen LogP contribution in [0, 0.1) is 5.92 Å². The lowest BCUT2D eigenvalue weighted by atomic mass is 10.0. The van der Waals surface area contributed by atoms with Crippen molar-refractivity contribution in [2.45, 2.75) is 32.7 Å². The third-order valence-electron chi connectivity index (χ3n) is 3.33. The molecular weight excluding hydrogens is 314 g/mol. The number of aryl methyl sites for hydroxylation is 1. The second kappa shape index (κ2) is 7.77. The molecule has 0 amide bonds. The first kappa shape index (κ1) is 17.9. The fourth-order valence-electron chi connectivity index (χ4n) is 1.84. The Bertz CT molecular complexity index is 588. The van der Waals surface area contributed by atoms with Gasteiger partial charge in [0.2, 0.25) is 10.0 Å². The van der Waals surface area contributed by atoms with E-state index in [2.05, 4.69) is 4.72 Å². The van der Waals surface area contributed by atoms with E-state index in [0.29, 0.717) is 11.4 Å². The molecule has 1 aromatic rings. The summed E-state index contributed by atoms with van der Waals surface area (Å²) < 4.78 is 26.3. The Kier molecular flexibility index (Phi) is 6.64. The molecule has 0 radical (unpaired) electrons. The van der Waals surface area contributed by atoms with Crippen molar-refractivity contribution in [2.24, 2.45) is 5.92 Å². The lowest BCUT2D eigenvalue weighted by Gasteiger charge is -2.20. The molecule has 0 heterocycles. The number of carbonyl (C=O) groups is 1. The minimum absolute atomic E-state index is 0.173. The highest BCUT2D eigenvalue weighted by atomic mass is 35.5. The Morgan fingerprint density at radius 2 is 2.10 bits per heavy atom. The second-order valence-electron chi connectivity index (χ2n) is 5.02. The highest BCUT2D eigenvalue weighted by Gasteiger charge is 2.28. The predicted molar refractivity (Wildman–Crippen MR) is 83.0 cm³/mol. The quantitative estimate of drug-likeness (QED) is 0.764. The molecule has 0 fully saturated rings. The SMILES string of the molecule is CC[C@H](C)[C@H](NS(=O)(=O)CCc1cccc(Cl)c1)C(=O)O. The van der Waals surface area contributed by atoms with Crippen LogP contribution in [0.2, 0.25) is 5.02 Å². The van der Waals surface area contributed by atoms with Crippen molar-refractivity contribution in [3.63, 3.8) is 0 Å². The van der Waals surface area contributed by atoms with Gasteiger partial charge in [-0.25, -0.2) is 13.1 Å². The monoisotopic (exact) mass is 333 g/mol. The van der Waals surface area contributed by atoms with Crippen LogP contribution in [0.1, 0.15) is 25.8 Å². The number of hydrogen-bond donors (Lipinski definition) is 2. The van der Waals surface area contributed by atoms with Gasteiger partial charge in [-0.1, -0.05) is 44.0 Å². The zero-order valence-corrected chi connectivity index (χ0v) is 13.6. The van der Waals surface area contributed by atoms with E-state index < -0.39 is 22.0 Å². The lowest BCUT2D eigenvalue weighted by Crippen LogP contribution is -2.45. The molecule has 2 atom stereocenters. The molecule has 0 saturated carbocycles. The molecule has 0 unspecified atom stereocenters. The summed E-state index contributed by atoms with van der Waals surface area (Å²) in [6, 6.07) is 5.84. The minimum Gasteiger partial charge on any atom is -0.480 e. The van der Waals surface area contributed by atoms with Crippen molar-refractivity contribution in [1.82, 2.24) is 4.72 Å². The van der Waals surface area contributed by atoms with Crippen molar-refractivity contribution in [3.05, 3.63) is 34.9 Å². The average Bonchev–Trinajstić information content (AvgIpc) is 2.42. The fourth-order valence-corrected chi connectivity index (χ4v) is 3.40. The first-order valence-corrected chi connectivity index (χ1v) is 8.75. The van der Waals surface area contributed by atoms with E-state index in [1.54, 1.807) is 31.2 Å². The first-order chi connectivity index (χ1) is 9.75. The van der Waals surface area contributed by atoms with Gasteiger partial charge in [-0.3, -0.25) is 4.79 Å². The van der Waals surface area contributed by atoms with Crippen molar-refractivity contribution in [3.8, 4) is 0 Å². The van der Waals surface area contributed by atoms with E-state index in [4.69, 9.17) is 16.7 Å². The third-order valence-corrected chi connectivity index (χ3v) is 4.92. The molecule has 0 bridgehead atoms. The number of halogens is 1. The third kappa shape index (κ3) is 6.03. The smallest absolute Gasteiger partial charge is 0.322 e. The Balaban J connectivity index is 2.70. The second-order valence-corrected chi connectivity index (χ2v) is 7.33. The van der Waals surface area contributed by atoms with Gasteiger partial charge in [0.05, 0.1) is 5.75 Å². The number of rotatable bonds is 8. The summed E-state index contributed by atoms with van der Waals surface area (Å²) >= 11 is 5.84. The number of hydrogen-bond acceptors (Lipinski definition) is 3. The Labute approximate surface area is 130 Å². The zero-order chi connectivity index (χ0) is 16.0. The van der Waals surface area contributed by atoms with Crippen molar-refractivity contribution in [2.75, 3.05) is 5.75 Å². The van der Waals surface area contributed by atoms with Gasteiger partial charge in [-0.15, -0.1) is 0 Å². The van der Waals surface area contributed by atoms with Crippen LogP contribution in [-0.4, -0.2) is 31.3 Å². The van der Waals surface area contributed by atoms with Gasteiger partial charge in [0.25, 0.3) is 0 Å². The van der Waals surface area contributed by atoms with Gasteiger partial charge in [0.1, 0.15) is 6.04 Å². The number of carboxylic acid groups (broad SMARTS) is 1. The summed E-state index contributed by atoms with van der Waals surface area (Å²) in [4.78, 5) is 11.2. The van der Waals surface area contributed by atoms with E-state index in [1.807, 2.05) is 6.92 Å². The van der Waals surface area contributed by atoms with Gasteiger partial charge in [-0.2, -0.15) is 0 Å². The number of sulfonamides is 1. The van der Waals surface area contributed by atoms with Crippen LogP contribution >= 0.6 is 11.6 Å². The van der Waals surface area contributed by atoms with Crippen molar-refractivity contribution in [1.29, 1.82) is 0 Å². The largest absolute Gasteiger partial charge is 0.480 e. The summed E-state index contributed by atoms with van der Waals surface area (Å²) in [5.41, 5.74) is 0.795. The highest BCUT2D eigenvalue weighted by Crippen LogP contribution is 2.13. The fraction of sp³-hybridized carbons (Fsp3) is 0.500. The number of aliphatic carboxylic acids is 1. The molecule has 118 valence electrons. The van der Waals surface area contributed by atoms with Crippen molar-refractivity contribution >= 4 is 27.6 Å². The van der Waals surface area contributed by atoms with Crippen LogP contribution in [0.5, 0.6) is 0 Å². The topological polar surface area (TPSA) is 83.5 Å². The molecule has 0 aliphatic heterocycles. The normalized spacial score (nSPS) is 14.6. The van der Waals surface area contributed by atoms with Gasteiger partial charge in [0.15, 0.2) is 0 Å². The van der Waals surface area contributed by atoms with Gasteiger partial charge in [-0.05, 0) is 30.0 Å². The van der Waals surface area contributed by atoms with Crippen molar-refractivity contribution < 1.29 is 18.3 Å². The molecule has 0 aliphatic rings. The number of nitrogens with one attached hydrogen (secondary N) is 1. The molecule has 1 aromatic carbocycles. The summed E-state index contributed by atoms with van der Waals surface area (Å²) in [5.74, 6) is -1.60.